The number of sulfone groups is 1. The van der Waals surface area contributed by atoms with Gasteiger partial charge in [0.15, 0.2) is 9.84 Å². The number of nitrogens with zero attached hydrogens (tertiary/aromatic N) is 3. The third kappa shape index (κ3) is 3.87. The van der Waals surface area contributed by atoms with E-state index in [1.165, 1.54) is 12.1 Å². The Morgan fingerprint density at radius 1 is 1.09 bits per heavy atom. The number of hydrogen-bond donors (Lipinski definition) is 2. The van der Waals surface area contributed by atoms with Crippen molar-refractivity contribution in [1.82, 2.24) is 24.8 Å². The second kappa shape index (κ2) is 7.86. The zero-order valence-electron chi connectivity index (χ0n) is 18.0. The normalized spacial score (nSPS) is 11.8. The van der Waals surface area contributed by atoms with Crippen molar-refractivity contribution >= 4 is 37.8 Å². The SMILES string of the molecule is Cn1cnc2cnc3[nH]c(-c4cccc(CNC(=O)c5ccccc5S(C)(=O)=O)c4)cc3c21. The topological polar surface area (TPSA) is 110 Å². The second-order valence-electron chi connectivity index (χ2n) is 7.94. The van der Waals surface area contributed by atoms with Gasteiger partial charge in [0.1, 0.15) is 11.2 Å². The predicted molar refractivity (Wildman–Crippen MR) is 127 cm³/mol. The van der Waals surface area contributed by atoms with E-state index in [9.17, 15) is 13.2 Å². The quantitative estimate of drug-likeness (QED) is 0.418. The molecule has 33 heavy (non-hydrogen) atoms. The number of hydrogen-bond acceptors (Lipinski definition) is 5. The van der Waals surface area contributed by atoms with Crippen LogP contribution < -0.4 is 5.32 Å². The fraction of sp³-hybridized carbons (Fsp3) is 0.125. The maximum absolute atomic E-state index is 12.7. The number of carbonyl (C=O) groups is 1. The Morgan fingerprint density at radius 2 is 1.91 bits per heavy atom. The first-order valence-electron chi connectivity index (χ1n) is 10.3. The summed E-state index contributed by atoms with van der Waals surface area (Å²) < 4.78 is 26.0. The van der Waals surface area contributed by atoms with Gasteiger partial charge in [0.2, 0.25) is 0 Å². The van der Waals surface area contributed by atoms with E-state index in [-0.39, 0.29) is 17.0 Å². The predicted octanol–water partition coefficient (Wildman–Crippen LogP) is 3.45. The Labute approximate surface area is 190 Å². The zero-order chi connectivity index (χ0) is 23.2. The highest BCUT2D eigenvalue weighted by Gasteiger charge is 2.18. The fourth-order valence-corrected chi connectivity index (χ4v) is 4.87. The van der Waals surface area contributed by atoms with E-state index >= 15 is 0 Å². The highest BCUT2D eigenvalue weighted by molar-refractivity contribution is 7.90. The summed E-state index contributed by atoms with van der Waals surface area (Å²) in [4.78, 5) is 24.9. The number of aromatic nitrogens is 4. The van der Waals surface area contributed by atoms with Crippen LogP contribution in [-0.4, -0.2) is 40.1 Å². The molecule has 1 amide bonds. The average Bonchev–Trinajstić information content (AvgIpc) is 3.40. The van der Waals surface area contributed by atoms with Crippen molar-refractivity contribution in [3.63, 3.8) is 0 Å². The summed E-state index contributed by atoms with van der Waals surface area (Å²) in [6, 6.07) is 16.0. The number of nitrogens with one attached hydrogen (secondary N) is 2. The first-order chi connectivity index (χ1) is 15.8. The molecular weight excluding hydrogens is 438 g/mol. The van der Waals surface area contributed by atoms with Crippen LogP contribution in [0.5, 0.6) is 0 Å². The highest BCUT2D eigenvalue weighted by Crippen LogP contribution is 2.28. The molecule has 9 heteroatoms. The highest BCUT2D eigenvalue weighted by atomic mass is 32.2. The van der Waals surface area contributed by atoms with Crippen LogP contribution in [0.25, 0.3) is 33.3 Å². The molecule has 0 aliphatic rings. The molecule has 2 aromatic carbocycles. The number of aryl methyl sites for hydroxylation is 1. The maximum atomic E-state index is 12.7. The van der Waals surface area contributed by atoms with Gasteiger partial charge >= 0.3 is 0 Å². The molecule has 0 saturated carbocycles. The number of carbonyl (C=O) groups excluding carboxylic acids is 1. The molecular formula is C24H21N5O3S. The van der Waals surface area contributed by atoms with Crippen molar-refractivity contribution < 1.29 is 13.2 Å². The molecule has 5 aromatic rings. The van der Waals surface area contributed by atoms with Crippen molar-refractivity contribution in [3.05, 3.63) is 78.2 Å². The maximum Gasteiger partial charge on any atom is 0.252 e. The molecule has 8 nitrogen and oxygen atoms in total. The van der Waals surface area contributed by atoms with Crippen LogP contribution in [0.1, 0.15) is 15.9 Å². The number of H-pyrrole nitrogens is 1. The Kier molecular flexibility index (Phi) is 4.98. The van der Waals surface area contributed by atoms with Crippen LogP contribution in [0.2, 0.25) is 0 Å². The van der Waals surface area contributed by atoms with Gasteiger partial charge in [-0.05, 0) is 35.4 Å². The summed E-state index contributed by atoms with van der Waals surface area (Å²) in [5.41, 5.74) is 5.50. The molecule has 0 radical (unpaired) electrons. The molecule has 2 N–H and O–H groups in total. The molecule has 0 spiro atoms. The lowest BCUT2D eigenvalue weighted by molar-refractivity contribution is 0.0947. The van der Waals surface area contributed by atoms with Crippen LogP contribution >= 0.6 is 0 Å². The molecule has 3 aromatic heterocycles. The Morgan fingerprint density at radius 3 is 2.73 bits per heavy atom. The second-order valence-corrected chi connectivity index (χ2v) is 9.93. The molecule has 0 fully saturated rings. The van der Waals surface area contributed by atoms with Crippen LogP contribution in [0.15, 0.2) is 72.0 Å². The van der Waals surface area contributed by atoms with Gasteiger partial charge in [-0.25, -0.2) is 18.4 Å². The van der Waals surface area contributed by atoms with E-state index in [1.807, 2.05) is 41.9 Å². The van der Waals surface area contributed by atoms with Crippen LogP contribution in [0.4, 0.5) is 0 Å². The minimum absolute atomic E-state index is 0.0169. The lowest BCUT2D eigenvalue weighted by Gasteiger charge is -2.10. The van der Waals surface area contributed by atoms with Gasteiger partial charge in [-0.3, -0.25) is 4.79 Å². The summed E-state index contributed by atoms with van der Waals surface area (Å²) >= 11 is 0. The summed E-state index contributed by atoms with van der Waals surface area (Å²) in [5, 5.41) is 3.81. The van der Waals surface area contributed by atoms with Gasteiger partial charge < -0.3 is 14.9 Å². The van der Waals surface area contributed by atoms with Crippen molar-refractivity contribution in [2.45, 2.75) is 11.4 Å². The summed E-state index contributed by atoms with van der Waals surface area (Å²) in [6.45, 7) is 0.259. The molecule has 0 aliphatic carbocycles. The number of amides is 1. The standard InChI is InChI=1S/C24H21N5O3S/c1-29-14-27-20-13-25-23-18(22(20)29)11-19(28-23)16-7-5-6-15(10-16)12-26-24(30)17-8-3-4-9-21(17)33(2,31)32/h3-11,13-14H,12H2,1-2H3,(H,25,28)(H,26,30). The van der Waals surface area contributed by atoms with E-state index in [4.69, 9.17) is 0 Å². The van der Waals surface area contributed by atoms with Gasteiger partial charge in [0, 0.05) is 30.9 Å². The van der Waals surface area contributed by atoms with Crippen molar-refractivity contribution in [3.8, 4) is 11.3 Å². The Hall–Kier alpha value is -3.98. The number of fused-ring (bicyclic) bond motifs is 3. The van der Waals surface area contributed by atoms with Crippen LogP contribution in [0.3, 0.4) is 0 Å². The van der Waals surface area contributed by atoms with Gasteiger partial charge in [0.25, 0.3) is 5.91 Å². The molecule has 166 valence electrons. The third-order valence-electron chi connectivity index (χ3n) is 5.56. The number of benzene rings is 2. The first kappa shape index (κ1) is 20.9. The zero-order valence-corrected chi connectivity index (χ0v) is 18.8. The van der Waals surface area contributed by atoms with E-state index in [1.54, 1.807) is 24.7 Å². The smallest absolute Gasteiger partial charge is 0.252 e. The van der Waals surface area contributed by atoms with Crippen molar-refractivity contribution in [2.75, 3.05) is 6.26 Å². The van der Waals surface area contributed by atoms with E-state index in [0.29, 0.717) is 0 Å². The fourth-order valence-electron chi connectivity index (χ4n) is 3.98. The lowest BCUT2D eigenvalue weighted by atomic mass is 10.1. The van der Waals surface area contributed by atoms with Gasteiger partial charge in [-0.2, -0.15) is 0 Å². The van der Waals surface area contributed by atoms with Gasteiger partial charge in [0.05, 0.1) is 28.5 Å². The summed E-state index contributed by atoms with van der Waals surface area (Å²) in [6.07, 6.45) is 4.61. The molecule has 0 saturated heterocycles. The molecule has 0 bridgehead atoms. The number of aromatic amines is 1. The Balaban J connectivity index is 1.41. The molecule has 0 atom stereocenters. The van der Waals surface area contributed by atoms with Crippen LogP contribution in [0, 0.1) is 0 Å². The first-order valence-corrected chi connectivity index (χ1v) is 12.2. The van der Waals surface area contributed by atoms with Gasteiger partial charge in [-0.1, -0.05) is 30.3 Å². The van der Waals surface area contributed by atoms with E-state index in [2.05, 4.69) is 20.3 Å². The van der Waals surface area contributed by atoms with Gasteiger partial charge in [-0.15, -0.1) is 0 Å². The lowest BCUT2D eigenvalue weighted by Crippen LogP contribution is -2.24. The van der Waals surface area contributed by atoms with E-state index in [0.717, 1.165) is 45.1 Å². The van der Waals surface area contributed by atoms with Crippen molar-refractivity contribution in [2.24, 2.45) is 7.05 Å². The molecule has 0 aliphatic heterocycles. The summed E-state index contributed by atoms with van der Waals surface area (Å²) in [5.74, 6) is -0.435. The largest absolute Gasteiger partial charge is 0.348 e. The number of imidazole rings is 1. The monoisotopic (exact) mass is 459 g/mol. The minimum atomic E-state index is -3.51. The minimum Gasteiger partial charge on any atom is -0.348 e. The number of rotatable bonds is 5. The van der Waals surface area contributed by atoms with Crippen LogP contribution in [-0.2, 0) is 23.4 Å². The summed E-state index contributed by atoms with van der Waals surface area (Å²) in [7, 11) is -1.56. The third-order valence-corrected chi connectivity index (χ3v) is 6.71. The molecule has 3 heterocycles. The molecule has 5 rings (SSSR count). The average molecular weight is 460 g/mol. The molecule has 0 unspecified atom stereocenters. The van der Waals surface area contributed by atoms with Crippen molar-refractivity contribution in [1.29, 1.82) is 0 Å². The van der Waals surface area contributed by atoms with E-state index < -0.39 is 15.7 Å². The Bertz CT molecular complexity index is 1630. The number of pyridine rings is 1.